The average Bonchev–Trinajstić information content (AvgIpc) is 2.36. The van der Waals surface area contributed by atoms with Crippen molar-refractivity contribution in [3.63, 3.8) is 0 Å². The summed E-state index contributed by atoms with van der Waals surface area (Å²) in [5.74, 6) is -7.68. The smallest absolute Gasteiger partial charge is 0.348 e. The first-order valence-electron chi connectivity index (χ1n) is 5.94. The van der Waals surface area contributed by atoms with E-state index >= 15 is 0 Å². The molecule has 0 aromatic heterocycles. The summed E-state index contributed by atoms with van der Waals surface area (Å²) in [5.41, 5.74) is 0.913. The minimum absolute atomic E-state index is 0.268. The molecule has 1 unspecified atom stereocenters. The van der Waals surface area contributed by atoms with Crippen molar-refractivity contribution in [2.24, 2.45) is 0 Å². The largest absolute Gasteiger partial charge is 0.463 e. The molecule has 0 aliphatic heterocycles. The predicted molar refractivity (Wildman–Crippen MR) is 63.4 cm³/mol. The molecule has 1 amide bonds. The second-order valence-electron chi connectivity index (χ2n) is 4.47. The number of rotatable bonds is 5. The number of aryl methyl sites for hydroxylation is 1. The molecule has 0 bridgehead atoms. The highest BCUT2D eigenvalue weighted by molar-refractivity contribution is 5.84. The summed E-state index contributed by atoms with van der Waals surface area (Å²) in [6.45, 7) is 1.38. The molecule has 0 aliphatic rings. The Morgan fingerprint density at radius 2 is 1.70 bits per heavy atom. The Hall–Kier alpha value is -1.66. The predicted octanol–water partition coefficient (Wildman–Crippen LogP) is 3.32. The minimum Gasteiger partial charge on any atom is -0.348 e. The van der Waals surface area contributed by atoms with Crippen molar-refractivity contribution in [1.29, 1.82) is 0 Å². The molecule has 0 fully saturated rings. The third-order valence-corrected chi connectivity index (χ3v) is 2.73. The van der Waals surface area contributed by atoms with E-state index in [4.69, 9.17) is 0 Å². The van der Waals surface area contributed by atoms with Crippen molar-refractivity contribution >= 4 is 5.91 Å². The van der Waals surface area contributed by atoms with Crippen molar-refractivity contribution in [1.82, 2.24) is 5.32 Å². The molecule has 112 valence electrons. The van der Waals surface area contributed by atoms with E-state index < -0.39 is 24.0 Å². The van der Waals surface area contributed by atoms with Crippen molar-refractivity contribution < 1.29 is 26.7 Å². The number of benzene rings is 1. The average molecular weight is 295 g/mol. The van der Waals surface area contributed by atoms with Crippen LogP contribution in [0.4, 0.5) is 22.0 Å². The monoisotopic (exact) mass is 295 g/mol. The molecule has 1 N–H and O–H groups in total. The Morgan fingerprint density at radius 1 is 1.15 bits per heavy atom. The second-order valence-corrected chi connectivity index (χ2v) is 4.47. The van der Waals surface area contributed by atoms with Crippen LogP contribution < -0.4 is 5.32 Å². The summed E-state index contributed by atoms with van der Waals surface area (Å²) < 4.78 is 61.3. The molecule has 7 heteroatoms. The number of hydrogen-bond donors (Lipinski definition) is 1. The first-order chi connectivity index (χ1) is 9.14. The SMILES string of the molecule is CC(CCc1ccccc1)NC(=O)C(F)(F)C(F)(F)F. The van der Waals surface area contributed by atoms with Crippen LogP contribution in [-0.4, -0.2) is 24.0 Å². The molecule has 1 aromatic carbocycles. The lowest BCUT2D eigenvalue weighted by Gasteiger charge is -2.21. The van der Waals surface area contributed by atoms with Gasteiger partial charge < -0.3 is 5.32 Å². The Balaban J connectivity index is 2.50. The first-order valence-corrected chi connectivity index (χ1v) is 5.94. The van der Waals surface area contributed by atoms with Gasteiger partial charge in [-0.2, -0.15) is 22.0 Å². The van der Waals surface area contributed by atoms with Gasteiger partial charge in [0, 0.05) is 6.04 Å². The van der Waals surface area contributed by atoms with Gasteiger partial charge in [0.25, 0.3) is 0 Å². The van der Waals surface area contributed by atoms with Crippen LogP contribution in [0.25, 0.3) is 0 Å². The third-order valence-electron chi connectivity index (χ3n) is 2.73. The van der Waals surface area contributed by atoms with Crippen LogP contribution in [0.2, 0.25) is 0 Å². The van der Waals surface area contributed by atoms with E-state index in [1.165, 1.54) is 6.92 Å². The fraction of sp³-hybridized carbons (Fsp3) is 0.462. The highest BCUT2D eigenvalue weighted by atomic mass is 19.4. The van der Waals surface area contributed by atoms with E-state index in [1.54, 1.807) is 35.6 Å². The molecular formula is C13H14F5NO. The third kappa shape index (κ3) is 4.18. The maximum atomic E-state index is 12.7. The molecule has 0 heterocycles. The summed E-state index contributed by atoms with van der Waals surface area (Å²) in [6, 6.07) is 8.21. The summed E-state index contributed by atoms with van der Waals surface area (Å²) in [5, 5.41) is 1.69. The van der Waals surface area contributed by atoms with E-state index in [9.17, 15) is 26.7 Å². The maximum absolute atomic E-state index is 12.7. The highest BCUT2D eigenvalue weighted by Crippen LogP contribution is 2.35. The zero-order valence-electron chi connectivity index (χ0n) is 10.7. The van der Waals surface area contributed by atoms with Gasteiger partial charge in [-0.05, 0) is 25.3 Å². The van der Waals surface area contributed by atoms with Crippen LogP contribution in [-0.2, 0) is 11.2 Å². The maximum Gasteiger partial charge on any atom is 0.463 e. The standard InChI is InChI=1S/C13H14F5NO/c1-9(7-8-10-5-3-2-4-6-10)19-11(20)12(14,15)13(16,17)18/h2-6,9H,7-8H2,1H3,(H,19,20). The summed E-state index contributed by atoms with van der Waals surface area (Å²) in [7, 11) is 0. The van der Waals surface area contributed by atoms with Gasteiger partial charge in [0.1, 0.15) is 0 Å². The Kier molecular flexibility index (Phi) is 5.08. The Labute approximate surface area is 113 Å². The fourth-order valence-corrected chi connectivity index (χ4v) is 1.54. The summed E-state index contributed by atoms with van der Waals surface area (Å²) in [4.78, 5) is 11.0. The van der Waals surface area contributed by atoms with Gasteiger partial charge in [-0.3, -0.25) is 4.79 Å². The molecule has 1 aromatic rings. The quantitative estimate of drug-likeness (QED) is 0.830. The lowest BCUT2D eigenvalue weighted by molar-refractivity contribution is -0.270. The summed E-state index contributed by atoms with van der Waals surface area (Å²) >= 11 is 0. The van der Waals surface area contributed by atoms with Crippen LogP contribution in [0.3, 0.4) is 0 Å². The van der Waals surface area contributed by atoms with Crippen molar-refractivity contribution in [2.45, 2.75) is 37.9 Å². The van der Waals surface area contributed by atoms with Crippen LogP contribution in [0.5, 0.6) is 0 Å². The zero-order chi connectivity index (χ0) is 15.4. The molecule has 0 spiro atoms. The summed E-state index contributed by atoms with van der Waals surface area (Å²) in [6.07, 6.45) is -5.14. The second kappa shape index (κ2) is 6.19. The van der Waals surface area contributed by atoms with Crippen LogP contribution >= 0.6 is 0 Å². The van der Waals surface area contributed by atoms with E-state index in [2.05, 4.69) is 0 Å². The topological polar surface area (TPSA) is 29.1 Å². The highest BCUT2D eigenvalue weighted by Gasteiger charge is 2.63. The van der Waals surface area contributed by atoms with Gasteiger partial charge >= 0.3 is 18.0 Å². The Bertz CT molecular complexity index is 444. The molecule has 0 aliphatic carbocycles. The Morgan fingerprint density at radius 3 is 2.20 bits per heavy atom. The van der Waals surface area contributed by atoms with Gasteiger partial charge in [-0.1, -0.05) is 30.3 Å². The molecule has 1 atom stereocenters. The molecule has 1 rings (SSSR count). The van der Waals surface area contributed by atoms with Crippen LogP contribution in [0.1, 0.15) is 18.9 Å². The fourth-order valence-electron chi connectivity index (χ4n) is 1.54. The molecule has 0 radical (unpaired) electrons. The van der Waals surface area contributed by atoms with Crippen LogP contribution in [0.15, 0.2) is 30.3 Å². The molecule has 2 nitrogen and oxygen atoms in total. The first kappa shape index (κ1) is 16.4. The number of amides is 1. The van der Waals surface area contributed by atoms with Crippen molar-refractivity contribution in [3.05, 3.63) is 35.9 Å². The number of carbonyl (C=O) groups excluding carboxylic acids is 1. The lowest BCUT2D eigenvalue weighted by Crippen LogP contribution is -2.52. The lowest BCUT2D eigenvalue weighted by atomic mass is 10.1. The number of nitrogens with one attached hydrogen (secondary N) is 1. The normalized spacial score (nSPS) is 13.9. The molecule has 0 saturated heterocycles. The van der Waals surface area contributed by atoms with Gasteiger partial charge in [-0.15, -0.1) is 0 Å². The van der Waals surface area contributed by atoms with Crippen molar-refractivity contribution in [2.75, 3.05) is 0 Å². The molecular weight excluding hydrogens is 281 g/mol. The number of halogens is 5. The van der Waals surface area contributed by atoms with Gasteiger partial charge in [0.05, 0.1) is 0 Å². The number of alkyl halides is 5. The van der Waals surface area contributed by atoms with E-state index in [-0.39, 0.29) is 6.42 Å². The number of carbonyl (C=O) groups is 1. The molecule has 20 heavy (non-hydrogen) atoms. The van der Waals surface area contributed by atoms with Crippen LogP contribution in [0, 0.1) is 0 Å². The van der Waals surface area contributed by atoms with Gasteiger partial charge in [0.2, 0.25) is 0 Å². The zero-order valence-corrected chi connectivity index (χ0v) is 10.7. The minimum atomic E-state index is -5.88. The van der Waals surface area contributed by atoms with E-state index in [0.29, 0.717) is 6.42 Å². The van der Waals surface area contributed by atoms with E-state index in [1.807, 2.05) is 0 Å². The number of hydrogen-bond acceptors (Lipinski definition) is 1. The van der Waals surface area contributed by atoms with Gasteiger partial charge in [-0.25, -0.2) is 0 Å². The molecule has 0 saturated carbocycles. The van der Waals surface area contributed by atoms with Gasteiger partial charge in [0.15, 0.2) is 0 Å². The van der Waals surface area contributed by atoms with E-state index in [0.717, 1.165) is 5.56 Å². The van der Waals surface area contributed by atoms with Crippen molar-refractivity contribution in [3.8, 4) is 0 Å².